The highest BCUT2D eigenvalue weighted by Gasteiger charge is 2.48. The van der Waals surface area contributed by atoms with Gasteiger partial charge in [0.1, 0.15) is 17.8 Å². The Labute approximate surface area is 276 Å². The number of halogens is 1. The van der Waals surface area contributed by atoms with Gasteiger partial charge in [-0.3, -0.25) is 19.1 Å². The van der Waals surface area contributed by atoms with E-state index in [0.29, 0.717) is 50.8 Å². The van der Waals surface area contributed by atoms with Gasteiger partial charge in [-0.25, -0.2) is 0 Å². The molecule has 0 bridgehead atoms. The van der Waals surface area contributed by atoms with Gasteiger partial charge in [0, 0.05) is 18.5 Å². The quantitative estimate of drug-likeness (QED) is 0.236. The number of carbonyl (C=O) groups is 3. The van der Waals surface area contributed by atoms with Crippen LogP contribution in [-0.4, -0.2) is 73.9 Å². The van der Waals surface area contributed by atoms with Gasteiger partial charge in [-0.2, -0.15) is 0 Å². The van der Waals surface area contributed by atoms with Crippen LogP contribution in [0.1, 0.15) is 81.3 Å². The number of amides is 3. The van der Waals surface area contributed by atoms with Gasteiger partial charge in [-0.05, 0) is 56.7 Å². The van der Waals surface area contributed by atoms with Crippen LogP contribution < -0.4 is 16.0 Å². The second-order valence-corrected chi connectivity index (χ2v) is 12.1. The lowest BCUT2D eigenvalue weighted by Crippen LogP contribution is -2.58. The van der Waals surface area contributed by atoms with E-state index in [4.69, 9.17) is 0 Å². The lowest BCUT2D eigenvalue weighted by atomic mass is 9.92. The topological polar surface area (TPSA) is 141 Å². The standard InChI is InChI=1S/C34H45N7O4.ClH/c1-4-26(35-3)32(43)37-31-24(20-40-21-27(38-39-40)29(42)5-2)16-17-25-18-19-28(41(25)34(31)45)33(44)36-30(22-12-8-6-9-13-22)23-14-10-7-11-15-23;/h6-15,21,24-26,28-31,35,42H,4-5,16-20H2,1-3H3,(H,36,44)(H,37,43);1H/t24-,25+,26+,28+,29?,31+;/m1./s1. The van der Waals surface area contributed by atoms with Gasteiger partial charge in [0.05, 0.1) is 24.4 Å². The zero-order chi connectivity index (χ0) is 31.9. The summed E-state index contributed by atoms with van der Waals surface area (Å²) in [5.74, 6) is -0.983. The van der Waals surface area contributed by atoms with Gasteiger partial charge in [-0.1, -0.05) is 79.7 Å². The zero-order valence-corrected chi connectivity index (χ0v) is 27.5. The Morgan fingerprint density at radius 1 is 0.957 bits per heavy atom. The number of likely N-dealkylation sites (N-methyl/N-ethyl adjacent to an activating group) is 1. The fourth-order valence-corrected chi connectivity index (χ4v) is 6.74. The van der Waals surface area contributed by atoms with Crippen LogP contribution in [0.25, 0.3) is 0 Å². The summed E-state index contributed by atoms with van der Waals surface area (Å²) in [5.41, 5.74) is 2.39. The zero-order valence-electron chi connectivity index (χ0n) is 26.7. The predicted molar refractivity (Wildman–Crippen MR) is 177 cm³/mol. The van der Waals surface area contributed by atoms with Crippen molar-refractivity contribution in [2.75, 3.05) is 7.05 Å². The first-order valence-electron chi connectivity index (χ1n) is 16.1. The van der Waals surface area contributed by atoms with Crippen LogP contribution >= 0.6 is 12.4 Å². The van der Waals surface area contributed by atoms with Crippen LogP contribution in [0, 0.1) is 5.92 Å². The average molecular weight is 652 g/mol. The number of aliphatic hydroxyl groups is 1. The van der Waals surface area contributed by atoms with Crippen molar-refractivity contribution in [1.29, 1.82) is 0 Å². The molecule has 2 fully saturated rings. The molecule has 11 nitrogen and oxygen atoms in total. The molecule has 46 heavy (non-hydrogen) atoms. The second-order valence-electron chi connectivity index (χ2n) is 12.1. The summed E-state index contributed by atoms with van der Waals surface area (Å²) in [6.07, 6.45) is 4.69. The first-order valence-corrected chi connectivity index (χ1v) is 16.1. The number of hydrogen-bond donors (Lipinski definition) is 4. The Hall–Kier alpha value is -3.80. The van der Waals surface area contributed by atoms with Crippen molar-refractivity contribution >= 4 is 30.1 Å². The summed E-state index contributed by atoms with van der Waals surface area (Å²) in [6, 6.07) is 17.2. The van der Waals surface area contributed by atoms with Crippen molar-refractivity contribution < 1.29 is 19.5 Å². The summed E-state index contributed by atoms with van der Waals surface area (Å²) in [6.45, 7) is 4.13. The summed E-state index contributed by atoms with van der Waals surface area (Å²) >= 11 is 0. The lowest BCUT2D eigenvalue weighted by molar-refractivity contribution is -0.144. The normalized spacial score (nSPS) is 22.4. The molecule has 3 heterocycles. The number of nitrogens with one attached hydrogen (secondary N) is 3. The van der Waals surface area contributed by atoms with Crippen molar-refractivity contribution in [2.24, 2.45) is 5.92 Å². The molecule has 12 heteroatoms. The molecule has 0 radical (unpaired) electrons. The smallest absolute Gasteiger partial charge is 0.246 e. The second kappa shape index (κ2) is 16.2. The molecular formula is C34H46ClN7O4. The fraction of sp³-hybridized carbons (Fsp3) is 0.500. The minimum absolute atomic E-state index is 0. The lowest BCUT2D eigenvalue weighted by Gasteiger charge is -2.33. The number of benzene rings is 2. The third-order valence-electron chi connectivity index (χ3n) is 9.30. The van der Waals surface area contributed by atoms with Crippen molar-refractivity contribution in [3.05, 3.63) is 83.7 Å². The molecular weight excluding hydrogens is 606 g/mol. The van der Waals surface area contributed by atoms with Crippen LogP contribution in [0.2, 0.25) is 0 Å². The summed E-state index contributed by atoms with van der Waals surface area (Å²) < 4.78 is 1.64. The van der Waals surface area contributed by atoms with Gasteiger partial charge >= 0.3 is 0 Å². The Morgan fingerprint density at radius 3 is 2.17 bits per heavy atom. The molecule has 0 saturated carbocycles. The first-order chi connectivity index (χ1) is 21.8. The van der Waals surface area contributed by atoms with Crippen LogP contribution in [0.15, 0.2) is 66.9 Å². The van der Waals surface area contributed by atoms with Crippen LogP contribution in [-0.2, 0) is 20.9 Å². The highest BCUT2D eigenvalue weighted by atomic mass is 35.5. The molecule has 2 aromatic carbocycles. The predicted octanol–water partition coefficient (Wildman–Crippen LogP) is 3.30. The van der Waals surface area contributed by atoms with Crippen molar-refractivity contribution in [1.82, 2.24) is 35.8 Å². The number of aromatic nitrogens is 3. The molecule has 2 aliphatic rings. The molecule has 3 aromatic rings. The molecule has 4 N–H and O–H groups in total. The van der Waals surface area contributed by atoms with Crippen molar-refractivity contribution in [3.8, 4) is 0 Å². The molecule has 2 aliphatic heterocycles. The van der Waals surface area contributed by atoms with Gasteiger partial charge < -0.3 is 26.0 Å². The van der Waals surface area contributed by atoms with Gasteiger partial charge in [0.25, 0.3) is 0 Å². The fourth-order valence-electron chi connectivity index (χ4n) is 6.74. The molecule has 1 aromatic heterocycles. The van der Waals surface area contributed by atoms with Crippen LogP contribution in [0.4, 0.5) is 0 Å². The number of rotatable bonds is 12. The number of carbonyl (C=O) groups excluding carboxylic acids is 3. The van der Waals surface area contributed by atoms with Gasteiger partial charge in [0.15, 0.2) is 0 Å². The van der Waals surface area contributed by atoms with E-state index in [-0.39, 0.29) is 48.1 Å². The van der Waals surface area contributed by atoms with E-state index in [2.05, 4.69) is 26.3 Å². The van der Waals surface area contributed by atoms with E-state index in [0.717, 1.165) is 11.1 Å². The molecule has 5 rings (SSSR count). The third kappa shape index (κ3) is 7.76. The highest BCUT2D eigenvalue weighted by molar-refractivity contribution is 5.94. The maximum Gasteiger partial charge on any atom is 0.246 e. The number of nitrogens with zero attached hydrogens (tertiary/aromatic N) is 4. The van der Waals surface area contributed by atoms with E-state index in [1.807, 2.05) is 74.5 Å². The van der Waals surface area contributed by atoms with Crippen LogP contribution in [0.5, 0.6) is 0 Å². The first kappa shape index (κ1) is 35.1. The van der Waals surface area contributed by atoms with Gasteiger partial charge in [-0.15, -0.1) is 17.5 Å². The average Bonchev–Trinajstić information content (AvgIpc) is 3.70. The van der Waals surface area contributed by atoms with E-state index in [1.54, 1.807) is 22.8 Å². The minimum Gasteiger partial charge on any atom is -0.387 e. The molecule has 0 spiro atoms. The number of fused-ring (bicyclic) bond motifs is 1. The number of hydrogen-bond acceptors (Lipinski definition) is 7. The van der Waals surface area contributed by atoms with E-state index < -0.39 is 24.2 Å². The Balaban J connectivity index is 0.00000480. The van der Waals surface area contributed by atoms with E-state index in [1.165, 1.54) is 0 Å². The number of aliphatic hydroxyl groups excluding tert-OH is 1. The Kier molecular flexibility index (Phi) is 12.3. The van der Waals surface area contributed by atoms with Crippen molar-refractivity contribution in [3.63, 3.8) is 0 Å². The Bertz CT molecular complexity index is 1400. The van der Waals surface area contributed by atoms with E-state index in [9.17, 15) is 19.5 Å². The SMILES string of the molecule is CCC(O)c1cn(C[C@H]2CC[C@H]3CC[C@@H](C(=O)NC(c4ccccc4)c4ccccc4)N3C(=O)[C@H]2NC(=O)[C@H](CC)NC)nn1.Cl. The maximum atomic E-state index is 14.5. The Morgan fingerprint density at radius 2 is 1.59 bits per heavy atom. The van der Waals surface area contributed by atoms with Crippen molar-refractivity contribution in [2.45, 2.75) is 95.2 Å². The molecule has 3 amide bonds. The van der Waals surface area contributed by atoms with Crippen LogP contribution in [0.3, 0.4) is 0 Å². The largest absolute Gasteiger partial charge is 0.387 e. The summed E-state index contributed by atoms with van der Waals surface area (Å²) in [4.78, 5) is 43.6. The van der Waals surface area contributed by atoms with Gasteiger partial charge in [0.2, 0.25) is 17.7 Å². The molecule has 2 saturated heterocycles. The summed E-state index contributed by atoms with van der Waals surface area (Å²) in [5, 5.41) is 27.9. The third-order valence-corrected chi connectivity index (χ3v) is 9.30. The molecule has 6 atom stereocenters. The molecule has 1 unspecified atom stereocenters. The molecule has 0 aliphatic carbocycles. The maximum absolute atomic E-state index is 14.5. The summed E-state index contributed by atoms with van der Waals surface area (Å²) in [7, 11) is 1.73. The van der Waals surface area contributed by atoms with E-state index >= 15 is 0 Å². The monoisotopic (exact) mass is 651 g/mol. The molecule has 248 valence electrons. The minimum atomic E-state index is -0.846. The highest BCUT2D eigenvalue weighted by Crippen LogP contribution is 2.35.